The Balaban J connectivity index is 0.845. The molecule has 1 fully saturated rings. The Morgan fingerprint density at radius 2 is 1.76 bits per heavy atom. The predicted octanol–water partition coefficient (Wildman–Crippen LogP) is 5.29. The Labute approximate surface area is 380 Å². The van der Waals surface area contributed by atoms with Crippen LogP contribution in [0.2, 0.25) is 0 Å². The van der Waals surface area contributed by atoms with Crippen LogP contribution in [0.15, 0.2) is 47.3 Å². The van der Waals surface area contributed by atoms with Crippen molar-refractivity contribution in [3.05, 3.63) is 97.6 Å². The fourth-order valence-corrected chi connectivity index (χ4v) is 9.82. The molecule has 350 valence electrons. The molecule has 5 aromatic rings. The number of amides is 3. The van der Waals surface area contributed by atoms with Crippen molar-refractivity contribution in [1.82, 2.24) is 29.5 Å². The van der Waals surface area contributed by atoms with E-state index in [0.29, 0.717) is 36.2 Å². The van der Waals surface area contributed by atoms with Gasteiger partial charge in [-0.1, -0.05) is 27.7 Å². The van der Waals surface area contributed by atoms with Crippen LogP contribution in [-0.4, -0.2) is 84.7 Å². The number of aromatic nitrogens is 4. The molecular formula is C47H47F3N8O9. The highest BCUT2D eigenvalue weighted by molar-refractivity contribution is 6.01. The number of carbonyl (C=O) groups excluding carboxylic acids is 5. The van der Waals surface area contributed by atoms with Crippen molar-refractivity contribution in [2.24, 2.45) is 11.1 Å². The number of rotatable bonds is 9. The van der Waals surface area contributed by atoms with Gasteiger partial charge in [-0.25, -0.2) is 19.3 Å². The number of aryl methyl sites for hydroxylation is 1. The van der Waals surface area contributed by atoms with Crippen LogP contribution in [-0.2, 0) is 52.1 Å². The average molecular weight is 925 g/mol. The monoisotopic (exact) mass is 924 g/mol. The van der Waals surface area contributed by atoms with E-state index in [1.54, 1.807) is 49.6 Å². The Morgan fingerprint density at radius 3 is 2.45 bits per heavy atom. The molecule has 3 amide bonds. The molecule has 67 heavy (non-hydrogen) atoms. The van der Waals surface area contributed by atoms with E-state index in [9.17, 15) is 47.0 Å². The zero-order chi connectivity index (χ0) is 47.9. The van der Waals surface area contributed by atoms with Crippen molar-refractivity contribution in [2.75, 3.05) is 25.0 Å². The van der Waals surface area contributed by atoms with Crippen LogP contribution in [0.3, 0.4) is 0 Å². The molecule has 0 saturated carbocycles. The molecule has 1 aliphatic carbocycles. The van der Waals surface area contributed by atoms with E-state index in [1.807, 2.05) is 6.92 Å². The number of Topliss-reactive ketones (excluding diaryl/α,β-unsaturated/α-hetero) is 1. The highest BCUT2D eigenvalue weighted by atomic mass is 19.4. The number of pyridine rings is 2. The maximum absolute atomic E-state index is 14.1. The summed E-state index contributed by atoms with van der Waals surface area (Å²) in [7, 11) is 0. The molecular weight excluding hydrogens is 878 g/mol. The van der Waals surface area contributed by atoms with E-state index in [-0.39, 0.29) is 103 Å². The number of anilines is 1. The van der Waals surface area contributed by atoms with Crippen LogP contribution >= 0.6 is 0 Å². The first-order chi connectivity index (χ1) is 31.7. The molecule has 20 heteroatoms. The first-order valence-corrected chi connectivity index (χ1v) is 22.0. The zero-order valence-corrected chi connectivity index (χ0v) is 37.1. The van der Waals surface area contributed by atoms with Gasteiger partial charge in [0, 0.05) is 47.8 Å². The topological polar surface area (TPSA) is 230 Å². The highest BCUT2D eigenvalue weighted by Crippen LogP contribution is 2.43. The molecule has 0 bridgehead atoms. The lowest BCUT2D eigenvalue weighted by Gasteiger charge is -2.31. The molecule has 1 atom stereocenters. The van der Waals surface area contributed by atoms with Crippen molar-refractivity contribution >= 4 is 46.3 Å². The second-order valence-electron chi connectivity index (χ2n) is 18.2. The first kappa shape index (κ1) is 45.1. The second kappa shape index (κ2) is 16.4. The largest absolute Gasteiger partial charge is 0.458 e. The van der Waals surface area contributed by atoms with Gasteiger partial charge in [0.25, 0.3) is 11.5 Å². The minimum absolute atomic E-state index is 0.0168. The standard InChI is InChI=1S/C47H47F3N8O9/c1-5-26-28-16-25(8-10-32(28)54-39-29(26)21-57-34(39)17-31-30(42(57)62)22-66-43(63)46(31,65)6-2)67-44(64)56-13-11-23(12-14-56)53-37(60)20-52-33-15-24(7-9-27(33)41(51)61)58-35-18-45(3,4)19-36(59)38(35)40(55-58)47(48,49)50/h7-10,15-17,23,52,65H,5-6,11-14,18-22H2,1-4H3,(H2,51,61)(H,53,60)/t46-/m0/s1. The van der Waals surface area contributed by atoms with Crippen LogP contribution in [0.1, 0.15) is 108 Å². The molecule has 0 unspecified atom stereocenters. The molecule has 0 spiro atoms. The number of esters is 1. The number of halogens is 3. The summed E-state index contributed by atoms with van der Waals surface area (Å²) in [6.07, 6.45) is -4.02. The van der Waals surface area contributed by atoms with Gasteiger partial charge in [-0.2, -0.15) is 18.3 Å². The number of hydrogen-bond donors (Lipinski definition) is 4. The summed E-state index contributed by atoms with van der Waals surface area (Å²) in [6, 6.07) is 10.5. The van der Waals surface area contributed by atoms with Crippen LogP contribution in [0, 0.1) is 5.41 Å². The molecule has 0 radical (unpaired) electrons. The lowest BCUT2D eigenvalue weighted by molar-refractivity contribution is -0.172. The van der Waals surface area contributed by atoms with Gasteiger partial charge in [0.15, 0.2) is 17.1 Å². The van der Waals surface area contributed by atoms with Crippen LogP contribution in [0.4, 0.5) is 23.7 Å². The molecule has 17 nitrogen and oxygen atoms in total. The summed E-state index contributed by atoms with van der Waals surface area (Å²) in [5, 5.41) is 21.6. The molecule has 6 heterocycles. The van der Waals surface area contributed by atoms with Crippen LogP contribution < -0.4 is 26.7 Å². The van der Waals surface area contributed by atoms with E-state index < -0.39 is 58.1 Å². The van der Waals surface area contributed by atoms with Crippen molar-refractivity contribution in [1.29, 1.82) is 0 Å². The van der Waals surface area contributed by atoms with E-state index >= 15 is 0 Å². The SMILES string of the molecule is CCc1c2c(nc3ccc(OC(=O)N4CCC(NC(=O)CNc5cc(-n6nc(C(F)(F)F)c7c6CC(C)(C)CC7=O)ccc5C(N)=O)CC4)cc13)-c1cc3c(c(=O)n1C2)COC(=O)[C@]3(O)CC. The van der Waals surface area contributed by atoms with Gasteiger partial charge in [-0.3, -0.25) is 19.2 Å². The highest BCUT2D eigenvalue weighted by Gasteiger charge is 2.47. The van der Waals surface area contributed by atoms with E-state index in [0.717, 1.165) is 21.2 Å². The van der Waals surface area contributed by atoms with Gasteiger partial charge in [0.2, 0.25) is 5.91 Å². The van der Waals surface area contributed by atoms with E-state index in [4.69, 9.17) is 20.2 Å². The quantitative estimate of drug-likeness (QED) is 0.136. The number of nitrogens with zero attached hydrogens (tertiary/aromatic N) is 5. The predicted molar refractivity (Wildman–Crippen MR) is 235 cm³/mol. The number of benzene rings is 2. The van der Waals surface area contributed by atoms with Gasteiger partial charge < -0.3 is 40.4 Å². The first-order valence-electron chi connectivity index (χ1n) is 22.0. The normalized spacial score (nSPS) is 18.7. The van der Waals surface area contributed by atoms with Gasteiger partial charge in [-0.15, -0.1) is 0 Å². The average Bonchev–Trinajstić information content (AvgIpc) is 3.85. The number of fused-ring (bicyclic) bond motifs is 6. The third kappa shape index (κ3) is 7.85. The Morgan fingerprint density at radius 1 is 1.01 bits per heavy atom. The summed E-state index contributed by atoms with van der Waals surface area (Å²) in [4.78, 5) is 84.7. The fraction of sp³-hybridized carbons (Fsp3) is 0.404. The maximum atomic E-state index is 14.1. The Bertz CT molecular complexity index is 3020. The van der Waals surface area contributed by atoms with Gasteiger partial charge in [-0.05, 0) is 85.5 Å². The Hall–Kier alpha value is -7.09. The van der Waals surface area contributed by atoms with E-state index in [1.165, 1.54) is 23.1 Å². The third-order valence-electron chi connectivity index (χ3n) is 13.2. The molecule has 5 N–H and O–H groups in total. The second-order valence-corrected chi connectivity index (χ2v) is 18.2. The number of alkyl halides is 3. The maximum Gasteiger partial charge on any atom is 0.435 e. The summed E-state index contributed by atoms with van der Waals surface area (Å²) in [5.41, 5.74) is 5.03. The number of primary amides is 1. The van der Waals surface area contributed by atoms with Crippen LogP contribution in [0.25, 0.3) is 28.0 Å². The number of hydrogen-bond acceptors (Lipinski definition) is 12. The molecule has 3 aliphatic heterocycles. The molecule has 2 aromatic carbocycles. The van der Waals surface area contributed by atoms with E-state index in [2.05, 4.69) is 15.7 Å². The van der Waals surface area contributed by atoms with Crippen LogP contribution in [0.5, 0.6) is 5.75 Å². The van der Waals surface area contributed by atoms with Crippen molar-refractivity contribution in [2.45, 2.75) is 97.2 Å². The third-order valence-corrected chi connectivity index (χ3v) is 13.2. The van der Waals surface area contributed by atoms with Crippen molar-refractivity contribution in [3.8, 4) is 22.8 Å². The number of nitrogens with one attached hydrogen (secondary N) is 2. The minimum Gasteiger partial charge on any atom is -0.458 e. The van der Waals surface area contributed by atoms with Crippen molar-refractivity contribution < 1.29 is 51.7 Å². The van der Waals surface area contributed by atoms with Gasteiger partial charge in [0.1, 0.15) is 12.4 Å². The summed E-state index contributed by atoms with van der Waals surface area (Å²) in [6.45, 7) is 7.37. The minimum atomic E-state index is -4.89. The summed E-state index contributed by atoms with van der Waals surface area (Å²) in [5.74, 6) is -2.47. The van der Waals surface area contributed by atoms with Crippen molar-refractivity contribution in [3.63, 3.8) is 0 Å². The molecule has 1 saturated heterocycles. The number of aliphatic hydroxyl groups is 1. The molecule has 4 aliphatic rings. The number of piperidine rings is 1. The smallest absolute Gasteiger partial charge is 0.435 e. The lowest BCUT2D eigenvalue weighted by Crippen LogP contribution is -2.48. The Kier molecular flexibility index (Phi) is 11.0. The molecule has 9 rings (SSSR count). The number of cyclic esters (lactones) is 1. The number of carbonyl (C=O) groups is 5. The zero-order valence-electron chi connectivity index (χ0n) is 37.1. The molecule has 3 aromatic heterocycles. The number of nitrogens with two attached hydrogens (primary N) is 1. The van der Waals surface area contributed by atoms with Gasteiger partial charge >= 0.3 is 18.2 Å². The fourth-order valence-electron chi connectivity index (χ4n) is 9.82. The summed E-state index contributed by atoms with van der Waals surface area (Å²) < 4.78 is 55.9. The van der Waals surface area contributed by atoms with Gasteiger partial charge in [0.05, 0.1) is 58.1 Å². The summed E-state index contributed by atoms with van der Waals surface area (Å²) >= 11 is 0. The number of likely N-dealkylation sites (tertiary alicyclic amines) is 1. The number of ether oxygens (including phenoxy) is 2. The number of ketones is 1. The lowest BCUT2D eigenvalue weighted by atomic mass is 9.75.